The van der Waals surface area contributed by atoms with Gasteiger partial charge in [0.25, 0.3) is 0 Å². The lowest BCUT2D eigenvalue weighted by Gasteiger charge is -2.12. The molecule has 0 aliphatic carbocycles. The Labute approximate surface area is 208 Å². The van der Waals surface area contributed by atoms with Gasteiger partial charge in [0.15, 0.2) is 0 Å². The maximum atomic E-state index is 13.6. The minimum absolute atomic E-state index is 0.00230. The summed E-state index contributed by atoms with van der Waals surface area (Å²) >= 11 is 5.92. The lowest BCUT2D eigenvalue weighted by molar-refractivity contribution is -0.111. The van der Waals surface area contributed by atoms with E-state index in [2.05, 4.69) is 32.4 Å². The third-order valence-electron chi connectivity index (χ3n) is 5.25. The summed E-state index contributed by atoms with van der Waals surface area (Å²) in [5.74, 6) is 5.99. The fourth-order valence-electron chi connectivity index (χ4n) is 3.51. The standard InChI is InChI=1S/C26H25ClFN5O2/c1-33(2)11-3-6-25(34)32-23-15-20-24(13-17(23)7-9-19-5-4-12-35-19)29-16-30-26(20)31-18-8-10-22(28)21(27)14-18/h3,6,8,10,13-16,19H,4-5,11-12H2,1-2H3,(H,32,34)(H,29,30,31). The summed E-state index contributed by atoms with van der Waals surface area (Å²) in [6.07, 6.45) is 6.43. The van der Waals surface area contributed by atoms with Gasteiger partial charge in [0, 0.05) is 30.3 Å². The van der Waals surface area contributed by atoms with E-state index in [0.717, 1.165) is 12.8 Å². The number of fused-ring (bicyclic) bond motifs is 1. The molecular formula is C26H25ClFN5O2. The first kappa shape index (κ1) is 24.6. The maximum Gasteiger partial charge on any atom is 0.248 e. The van der Waals surface area contributed by atoms with Crippen LogP contribution in [0.3, 0.4) is 0 Å². The van der Waals surface area contributed by atoms with Gasteiger partial charge >= 0.3 is 0 Å². The molecule has 1 fully saturated rings. The molecule has 180 valence electrons. The van der Waals surface area contributed by atoms with Crippen LogP contribution in [0.15, 0.2) is 48.8 Å². The van der Waals surface area contributed by atoms with Crippen molar-refractivity contribution in [3.05, 3.63) is 65.2 Å². The van der Waals surface area contributed by atoms with Gasteiger partial charge < -0.3 is 20.3 Å². The van der Waals surface area contributed by atoms with Crippen molar-refractivity contribution in [2.24, 2.45) is 0 Å². The number of carbonyl (C=O) groups is 1. The molecule has 0 saturated carbocycles. The Hall–Kier alpha value is -3.51. The third-order valence-corrected chi connectivity index (χ3v) is 5.54. The van der Waals surface area contributed by atoms with E-state index in [4.69, 9.17) is 16.3 Å². The quantitative estimate of drug-likeness (QED) is 0.381. The van der Waals surface area contributed by atoms with Crippen molar-refractivity contribution in [3.63, 3.8) is 0 Å². The first-order valence-corrected chi connectivity index (χ1v) is 11.5. The molecule has 2 aromatic carbocycles. The zero-order valence-electron chi connectivity index (χ0n) is 19.4. The van der Waals surface area contributed by atoms with E-state index in [-0.39, 0.29) is 17.0 Å². The van der Waals surface area contributed by atoms with Gasteiger partial charge in [-0.2, -0.15) is 0 Å². The summed E-state index contributed by atoms with van der Waals surface area (Å²) in [6.45, 7) is 1.34. The molecule has 1 saturated heterocycles. The molecule has 1 aliphatic heterocycles. The highest BCUT2D eigenvalue weighted by Gasteiger charge is 2.14. The number of anilines is 3. The SMILES string of the molecule is CN(C)CC=CC(=O)Nc1cc2c(Nc3ccc(F)c(Cl)c3)ncnc2cc1C#CC1CCCO1. The Bertz CT molecular complexity index is 1330. The van der Waals surface area contributed by atoms with E-state index in [1.807, 2.05) is 19.0 Å². The van der Waals surface area contributed by atoms with Gasteiger partial charge in [-0.05, 0) is 57.3 Å². The van der Waals surface area contributed by atoms with Crippen LogP contribution >= 0.6 is 11.6 Å². The number of hydrogen-bond donors (Lipinski definition) is 2. The van der Waals surface area contributed by atoms with Gasteiger partial charge in [-0.3, -0.25) is 4.79 Å². The number of aromatic nitrogens is 2. The van der Waals surface area contributed by atoms with Gasteiger partial charge in [-0.15, -0.1) is 0 Å². The molecular weight excluding hydrogens is 469 g/mol. The van der Waals surface area contributed by atoms with E-state index >= 15 is 0 Å². The number of carbonyl (C=O) groups excluding carboxylic acids is 1. The molecule has 35 heavy (non-hydrogen) atoms. The smallest absolute Gasteiger partial charge is 0.248 e. The summed E-state index contributed by atoms with van der Waals surface area (Å²) in [5.41, 5.74) is 2.35. The van der Waals surface area contributed by atoms with Crippen molar-refractivity contribution >= 4 is 45.6 Å². The molecule has 9 heteroatoms. The molecule has 2 N–H and O–H groups in total. The second kappa shape index (κ2) is 11.3. The average Bonchev–Trinajstić information content (AvgIpc) is 3.34. The van der Waals surface area contributed by atoms with Crippen LogP contribution in [0.2, 0.25) is 5.02 Å². The predicted octanol–water partition coefficient (Wildman–Crippen LogP) is 4.75. The second-order valence-electron chi connectivity index (χ2n) is 8.32. The summed E-state index contributed by atoms with van der Waals surface area (Å²) in [5, 5.41) is 6.72. The monoisotopic (exact) mass is 493 g/mol. The number of rotatable bonds is 6. The van der Waals surface area contributed by atoms with Gasteiger partial charge in [-0.1, -0.05) is 29.5 Å². The van der Waals surface area contributed by atoms with Crippen LogP contribution in [0, 0.1) is 17.7 Å². The van der Waals surface area contributed by atoms with E-state index < -0.39 is 5.82 Å². The second-order valence-corrected chi connectivity index (χ2v) is 8.72. The first-order chi connectivity index (χ1) is 16.9. The number of benzene rings is 2. The summed E-state index contributed by atoms with van der Waals surface area (Å²) in [6, 6.07) is 7.90. The number of nitrogens with one attached hydrogen (secondary N) is 2. The molecule has 1 aliphatic rings. The van der Waals surface area contributed by atoms with Gasteiger partial charge in [0.05, 0.1) is 21.8 Å². The molecule has 1 amide bonds. The average molecular weight is 494 g/mol. The van der Waals surface area contributed by atoms with Gasteiger partial charge in [0.1, 0.15) is 24.1 Å². The van der Waals surface area contributed by atoms with E-state index in [1.54, 1.807) is 24.3 Å². The van der Waals surface area contributed by atoms with Crippen LogP contribution in [0.1, 0.15) is 18.4 Å². The van der Waals surface area contributed by atoms with Gasteiger partial charge in [0.2, 0.25) is 5.91 Å². The molecule has 4 rings (SSSR count). The Morgan fingerprint density at radius 1 is 1.31 bits per heavy atom. The number of ether oxygens (including phenoxy) is 1. The molecule has 3 aromatic rings. The first-order valence-electron chi connectivity index (χ1n) is 11.2. The van der Waals surface area contributed by atoms with Crippen LogP contribution < -0.4 is 10.6 Å². The zero-order chi connectivity index (χ0) is 24.8. The normalized spacial score (nSPS) is 15.4. The molecule has 7 nitrogen and oxygen atoms in total. The van der Waals surface area contributed by atoms with Crippen molar-refractivity contribution in [1.82, 2.24) is 14.9 Å². The highest BCUT2D eigenvalue weighted by molar-refractivity contribution is 6.31. The van der Waals surface area contributed by atoms with Crippen molar-refractivity contribution in [2.45, 2.75) is 18.9 Å². The lowest BCUT2D eigenvalue weighted by atomic mass is 10.1. The topological polar surface area (TPSA) is 79.4 Å². The molecule has 0 bridgehead atoms. The number of nitrogens with zero attached hydrogens (tertiary/aromatic N) is 3. The fraction of sp³-hybridized carbons (Fsp3) is 0.269. The largest absolute Gasteiger partial charge is 0.366 e. The van der Waals surface area contributed by atoms with Crippen LogP contribution in [0.4, 0.5) is 21.6 Å². The molecule has 0 spiro atoms. The number of hydrogen-bond acceptors (Lipinski definition) is 6. The Morgan fingerprint density at radius 2 is 2.17 bits per heavy atom. The van der Waals surface area contributed by atoms with E-state index in [1.165, 1.54) is 24.5 Å². The Kier molecular flexibility index (Phi) is 7.93. The van der Waals surface area contributed by atoms with E-state index in [0.29, 0.717) is 46.8 Å². The molecule has 1 atom stereocenters. The zero-order valence-corrected chi connectivity index (χ0v) is 20.2. The number of amides is 1. The number of halogens is 2. The highest BCUT2D eigenvalue weighted by Crippen LogP contribution is 2.30. The maximum absolute atomic E-state index is 13.6. The van der Waals surface area contributed by atoms with Crippen LogP contribution in [-0.4, -0.2) is 54.1 Å². The molecule has 2 heterocycles. The minimum atomic E-state index is -0.508. The van der Waals surface area contributed by atoms with Gasteiger partial charge in [-0.25, -0.2) is 14.4 Å². The van der Waals surface area contributed by atoms with Crippen molar-refractivity contribution in [3.8, 4) is 11.8 Å². The van der Waals surface area contributed by atoms with Crippen molar-refractivity contribution < 1.29 is 13.9 Å². The Balaban J connectivity index is 1.71. The predicted molar refractivity (Wildman–Crippen MR) is 136 cm³/mol. The molecule has 1 unspecified atom stereocenters. The fourth-order valence-corrected chi connectivity index (χ4v) is 3.70. The van der Waals surface area contributed by atoms with Crippen LogP contribution in [-0.2, 0) is 9.53 Å². The number of likely N-dealkylation sites (N-methyl/N-ethyl adjacent to an activating group) is 1. The molecule has 1 aromatic heterocycles. The van der Waals surface area contributed by atoms with Crippen LogP contribution in [0.5, 0.6) is 0 Å². The minimum Gasteiger partial charge on any atom is -0.366 e. The highest BCUT2D eigenvalue weighted by atomic mass is 35.5. The lowest BCUT2D eigenvalue weighted by Crippen LogP contribution is -2.13. The third kappa shape index (κ3) is 6.55. The molecule has 0 radical (unpaired) electrons. The van der Waals surface area contributed by atoms with Crippen LogP contribution in [0.25, 0.3) is 10.9 Å². The van der Waals surface area contributed by atoms with Crippen molar-refractivity contribution in [2.75, 3.05) is 37.9 Å². The van der Waals surface area contributed by atoms with E-state index in [9.17, 15) is 9.18 Å². The summed E-state index contributed by atoms with van der Waals surface area (Å²) in [7, 11) is 3.85. The van der Waals surface area contributed by atoms with Crippen molar-refractivity contribution in [1.29, 1.82) is 0 Å². The summed E-state index contributed by atoms with van der Waals surface area (Å²) in [4.78, 5) is 23.3. The Morgan fingerprint density at radius 3 is 2.91 bits per heavy atom. The summed E-state index contributed by atoms with van der Waals surface area (Å²) < 4.78 is 19.2.